The topological polar surface area (TPSA) is 33.1 Å². The molecule has 1 N–H and O–H groups in total. The highest BCUT2D eigenvalue weighted by atomic mass is 15.2. The number of rotatable bonds is 6. The van der Waals surface area contributed by atoms with Crippen LogP contribution < -0.4 is 5.32 Å². The number of nitrogens with one attached hydrogen (secondary N) is 1. The summed E-state index contributed by atoms with van der Waals surface area (Å²) in [5, 5.41) is 8.02. The maximum Gasteiger partial charge on any atom is 0.0534 e. The molecule has 1 saturated carbocycles. The zero-order valence-corrected chi connectivity index (χ0v) is 13.5. The smallest absolute Gasteiger partial charge is 0.0534 e. The summed E-state index contributed by atoms with van der Waals surface area (Å²) >= 11 is 0. The predicted molar refractivity (Wildman–Crippen MR) is 83.6 cm³/mol. The molecule has 2 rings (SSSR count). The lowest BCUT2D eigenvalue weighted by molar-refractivity contribution is 0.119. The van der Waals surface area contributed by atoms with Crippen LogP contribution in [-0.4, -0.2) is 40.4 Å². The highest BCUT2D eigenvalue weighted by Crippen LogP contribution is 2.28. The molecule has 0 radical (unpaired) electrons. The molecule has 0 amide bonds. The lowest BCUT2D eigenvalue weighted by Gasteiger charge is -2.41. The molecule has 1 aromatic rings. The van der Waals surface area contributed by atoms with Crippen LogP contribution >= 0.6 is 0 Å². The van der Waals surface area contributed by atoms with Gasteiger partial charge in [-0.05, 0) is 45.2 Å². The number of aromatic nitrogens is 2. The second-order valence-electron chi connectivity index (χ2n) is 6.48. The average Bonchev–Trinajstić information content (AvgIpc) is 2.82. The van der Waals surface area contributed by atoms with Crippen LogP contribution in [0.4, 0.5) is 0 Å². The highest BCUT2D eigenvalue weighted by molar-refractivity contribution is 5.04. The molecule has 4 heteroatoms. The maximum absolute atomic E-state index is 4.27. The monoisotopic (exact) mass is 278 g/mol. The van der Waals surface area contributed by atoms with Crippen LogP contribution in [-0.2, 0) is 13.6 Å². The normalized spacial score (nSPS) is 27.1. The van der Waals surface area contributed by atoms with Crippen LogP contribution in [0.25, 0.3) is 0 Å². The van der Waals surface area contributed by atoms with E-state index < -0.39 is 0 Å². The van der Waals surface area contributed by atoms with E-state index in [-0.39, 0.29) is 0 Å². The lowest BCUT2D eigenvalue weighted by Crippen LogP contribution is -2.51. The van der Waals surface area contributed by atoms with Gasteiger partial charge in [0.15, 0.2) is 0 Å². The minimum Gasteiger partial charge on any atom is -0.312 e. The Morgan fingerprint density at radius 2 is 2.25 bits per heavy atom. The fourth-order valence-electron chi connectivity index (χ4n) is 3.36. The summed E-state index contributed by atoms with van der Waals surface area (Å²) < 4.78 is 1.89. The van der Waals surface area contributed by atoms with Crippen molar-refractivity contribution in [1.82, 2.24) is 20.0 Å². The van der Waals surface area contributed by atoms with Gasteiger partial charge in [-0.25, -0.2) is 0 Å². The van der Waals surface area contributed by atoms with E-state index in [2.05, 4.69) is 42.4 Å². The van der Waals surface area contributed by atoms with Crippen molar-refractivity contribution in [3.63, 3.8) is 0 Å². The molecule has 3 unspecified atom stereocenters. The summed E-state index contributed by atoms with van der Waals surface area (Å²) in [6, 6.07) is 1.29. The largest absolute Gasteiger partial charge is 0.312 e. The van der Waals surface area contributed by atoms with E-state index in [1.165, 1.54) is 31.2 Å². The minimum atomic E-state index is 0.644. The Labute approximate surface area is 123 Å². The molecule has 1 heterocycles. The molecule has 3 atom stereocenters. The van der Waals surface area contributed by atoms with Gasteiger partial charge in [-0.1, -0.05) is 13.8 Å². The van der Waals surface area contributed by atoms with Crippen LogP contribution in [0.15, 0.2) is 12.4 Å². The Hall–Kier alpha value is -0.870. The number of likely N-dealkylation sites (N-methyl/N-ethyl adjacent to an activating group) is 1. The highest BCUT2D eigenvalue weighted by Gasteiger charge is 2.30. The van der Waals surface area contributed by atoms with Crippen LogP contribution in [0, 0.1) is 5.92 Å². The van der Waals surface area contributed by atoms with Crippen LogP contribution in [0.2, 0.25) is 0 Å². The molecule has 0 aromatic carbocycles. The lowest BCUT2D eigenvalue weighted by atomic mass is 9.82. The van der Waals surface area contributed by atoms with Crippen molar-refractivity contribution in [2.75, 3.05) is 13.6 Å². The van der Waals surface area contributed by atoms with E-state index in [9.17, 15) is 0 Å². The number of nitrogens with zero attached hydrogens (tertiary/aromatic N) is 3. The molecule has 4 nitrogen and oxygen atoms in total. The van der Waals surface area contributed by atoms with E-state index in [1.54, 1.807) is 0 Å². The molecule has 1 aromatic heterocycles. The van der Waals surface area contributed by atoms with Gasteiger partial charge < -0.3 is 5.32 Å². The van der Waals surface area contributed by atoms with Crippen molar-refractivity contribution in [2.24, 2.45) is 13.0 Å². The quantitative estimate of drug-likeness (QED) is 0.867. The van der Waals surface area contributed by atoms with Crippen LogP contribution in [0.5, 0.6) is 0 Å². The molecule has 0 spiro atoms. The van der Waals surface area contributed by atoms with Crippen molar-refractivity contribution in [2.45, 2.75) is 58.2 Å². The van der Waals surface area contributed by atoms with E-state index in [0.717, 1.165) is 19.0 Å². The molecule has 0 bridgehead atoms. The first-order valence-electron chi connectivity index (χ1n) is 8.01. The van der Waals surface area contributed by atoms with Gasteiger partial charge in [-0.15, -0.1) is 0 Å². The fraction of sp³-hybridized carbons (Fsp3) is 0.812. The molecule has 0 saturated heterocycles. The number of aryl methyl sites for hydroxylation is 1. The molecule has 0 aliphatic heterocycles. The molecule has 1 aliphatic carbocycles. The van der Waals surface area contributed by atoms with Crippen molar-refractivity contribution in [3.8, 4) is 0 Å². The summed E-state index contributed by atoms with van der Waals surface area (Å²) in [5.41, 5.74) is 1.31. The minimum absolute atomic E-state index is 0.644. The second kappa shape index (κ2) is 7.23. The van der Waals surface area contributed by atoms with Crippen molar-refractivity contribution < 1.29 is 0 Å². The maximum atomic E-state index is 4.27. The van der Waals surface area contributed by atoms with E-state index in [4.69, 9.17) is 0 Å². The number of hydrogen-bond donors (Lipinski definition) is 1. The third-order valence-corrected chi connectivity index (χ3v) is 4.49. The Bertz CT molecular complexity index is 399. The summed E-state index contributed by atoms with van der Waals surface area (Å²) in [6.07, 6.45) is 9.29. The summed E-state index contributed by atoms with van der Waals surface area (Å²) in [7, 11) is 4.24. The Morgan fingerprint density at radius 3 is 2.90 bits per heavy atom. The van der Waals surface area contributed by atoms with E-state index >= 15 is 0 Å². The average molecular weight is 278 g/mol. The van der Waals surface area contributed by atoms with Gasteiger partial charge in [0.2, 0.25) is 0 Å². The van der Waals surface area contributed by atoms with Gasteiger partial charge in [0.1, 0.15) is 0 Å². The molecule has 1 fully saturated rings. The van der Waals surface area contributed by atoms with Gasteiger partial charge >= 0.3 is 0 Å². The third kappa shape index (κ3) is 4.06. The van der Waals surface area contributed by atoms with Gasteiger partial charge in [0.25, 0.3) is 0 Å². The van der Waals surface area contributed by atoms with Gasteiger partial charge in [0.05, 0.1) is 6.20 Å². The van der Waals surface area contributed by atoms with Crippen molar-refractivity contribution >= 4 is 0 Å². The Morgan fingerprint density at radius 1 is 1.45 bits per heavy atom. The Kier molecular flexibility index (Phi) is 5.61. The van der Waals surface area contributed by atoms with Crippen molar-refractivity contribution in [1.29, 1.82) is 0 Å². The van der Waals surface area contributed by atoms with Crippen LogP contribution in [0.1, 0.15) is 45.1 Å². The molecular weight excluding hydrogens is 248 g/mol. The van der Waals surface area contributed by atoms with Crippen LogP contribution in [0.3, 0.4) is 0 Å². The fourth-order valence-corrected chi connectivity index (χ4v) is 3.36. The first-order valence-corrected chi connectivity index (χ1v) is 8.01. The molecule has 114 valence electrons. The first-order chi connectivity index (χ1) is 9.60. The summed E-state index contributed by atoms with van der Waals surface area (Å²) in [5.74, 6) is 0.844. The third-order valence-electron chi connectivity index (χ3n) is 4.49. The van der Waals surface area contributed by atoms with Crippen molar-refractivity contribution in [3.05, 3.63) is 18.0 Å². The van der Waals surface area contributed by atoms with Gasteiger partial charge in [-0.3, -0.25) is 9.58 Å². The van der Waals surface area contributed by atoms with Gasteiger partial charge in [0, 0.05) is 37.4 Å². The molecule has 1 aliphatic rings. The zero-order valence-electron chi connectivity index (χ0n) is 13.5. The summed E-state index contributed by atoms with van der Waals surface area (Å²) in [6.45, 7) is 6.76. The van der Waals surface area contributed by atoms with E-state index in [0.29, 0.717) is 12.1 Å². The zero-order chi connectivity index (χ0) is 14.5. The van der Waals surface area contributed by atoms with Gasteiger partial charge in [-0.2, -0.15) is 5.10 Å². The second-order valence-corrected chi connectivity index (χ2v) is 6.48. The Balaban J connectivity index is 1.97. The van der Waals surface area contributed by atoms with E-state index in [1.807, 2.05) is 17.9 Å². The molecule has 20 heavy (non-hydrogen) atoms. The summed E-state index contributed by atoms with van der Waals surface area (Å²) in [4.78, 5) is 2.51. The standard InChI is InChI=1S/C16H30N4/c1-5-8-17-15-7-6-13(2)9-16(15)19(3)11-14-10-18-20(4)12-14/h10,12-13,15-17H,5-9,11H2,1-4H3. The predicted octanol–water partition coefficient (Wildman–Crippen LogP) is 2.41. The molecular formula is C16H30N4. The number of hydrogen-bond acceptors (Lipinski definition) is 3. The first kappa shape index (κ1) is 15.5. The SMILES string of the molecule is CCCNC1CCC(C)CC1N(C)Cc1cnn(C)c1.